The number of aromatic nitrogens is 2. The van der Waals surface area contributed by atoms with Crippen LogP contribution in [0.1, 0.15) is 11.8 Å². The number of rotatable bonds is 2. The molecule has 3 aromatic rings. The maximum Gasteiger partial charge on any atom is 0.153 e. The number of imidazole rings is 1. The zero-order valence-electron chi connectivity index (χ0n) is 9.63. The fourth-order valence-electron chi connectivity index (χ4n) is 1.85. The predicted octanol–water partition coefficient (Wildman–Crippen LogP) is 4.13. The number of aryl methyl sites for hydroxylation is 1. The Morgan fingerprint density at radius 2 is 2.11 bits per heavy atom. The average Bonchev–Trinajstić information content (AvgIpc) is 2.93. The molecule has 0 spiro atoms. The third-order valence-electron chi connectivity index (χ3n) is 2.75. The Balaban J connectivity index is 2.16. The fourth-order valence-corrected chi connectivity index (χ4v) is 2.75. The van der Waals surface area contributed by atoms with Gasteiger partial charge in [0.15, 0.2) is 5.82 Å². The van der Waals surface area contributed by atoms with Crippen molar-refractivity contribution in [3.63, 3.8) is 0 Å². The van der Waals surface area contributed by atoms with Crippen LogP contribution in [0, 0.1) is 11.6 Å². The van der Waals surface area contributed by atoms with E-state index in [9.17, 15) is 8.78 Å². The number of halogens is 2. The number of thiophene rings is 1. The van der Waals surface area contributed by atoms with Gasteiger partial charge in [-0.2, -0.15) is 0 Å². The Hall–Kier alpha value is -1.75. The van der Waals surface area contributed by atoms with E-state index in [4.69, 9.17) is 0 Å². The first-order valence-corrected chi connectivity index (χ1v) is 6.43. The molecule has 5 heteroatoms. The molecule has 92 valence electrons. The van der Waals surface area contributed by atoms with Crippen molar-refractivity contribution in [2.75, 3.05) is 0 Å². The molecule has 0 bridgehead atoms. The third-order valence-corrected chi connectivity index (χ3v) is 3.98. The molecular weight excluding hydrogens is 254 g/mol. The van der Waals surface area contributed by atoms with E-state index in [2.05, 4.69) is 16.9 Å². The lowest BCUT2D eigenvalue weighted by Gasteiger charge is -1.90. The van der Waals surface area contributed by atoms with Crippen LogP contribution in [0.4, 0.5) is 8.78 Å². The molecule has 0 aliphatic rings. The smallest absolute Gasteiger partial charge is 0.153 e. The minimum absolute atomic E-state index is 0.179. The van der Waals surface area contributed by atoms with Crippen LogP contribution in [0.25, 0.3) is 21.7 Å². The first-order valence-electron chi connectivity index (χ1n) is 5.61. The maximum atomic E-state index is 13.5. The van der Waals surface area contributed by atoms with E-state index in [1.54, 1.807) is 11.3 Å². The molecule has 0 fully saturated rings. The highest BCUT2D eigenvalue weighted by Gasteiger charge is 2.12. The lowest BCUT2D eigenvalue weighted by Crippen LogP contribution is -1.81. The molecule has 0 aliphatic carbocycles. The number of benzene rings is 1. The summed E-state index contributed by atoms with van der Waals surface area (Å²) in [7, 11) is 0. The SMILES string of the molecule is CCc1ccc(-c2nc3c(F)cc(F)cc3[nH]2)s1. The molecule has 0 saturated heterocycles. The van der Waals surface area contributed by atoms with Gasteiger partial charge < -0.3 is 4.98 Å². The zero-order valence-corrected chi connectivity index (χ0v) is 10.4. The van der Waals surface area contributed by atoms with Crippen LogP contribution in [0.2, 0.25) is 0 Å². The fraction of sp³-hybridized carbons (Fsp3) is 0.154. The molecule has 0 amide bonds. The van der Waals surface area contributed by atoms with Gasteiger partial charge in [-0.25, -0.2) is 13.8 Å². The molecule has 2 aromatic heterocycles. The second kappa shape index (κ2) is 4.17. The zero-order chi connectivity index (χ0) is 12.7. The summed E-state index contributed by atoms with van der Waals surface area (Å²) >= 11 is 1.60. The molecule has 1 N–H and O–H groups in total. The molecule has 2 nitrogen and oxygen atoms in total. The number of hydrogen-bond donors (Lipinski definition) is 1. The highest BCUT2D eigenvalue weighted by molar-refractivity contribution is 7.15. The molecular formula is C13H10F2N2S. The van der Waals surface area contributed by atoms with Crippen molar-refractivity contribution >= 4 is 22.4 Å². The van der Waals surface area contributed by atoms with E-state index >= 15 is 0 Å². The summed E-state index contributed by atoms with van der Waals surface area (Å²) in [6, 6.07) is 6.06. The first kappa shape index (κ1) is 11.3. The van der Waals surface area contributed by atoms with E-state index in [1.807, 2.05) is 12.1 Å². The lowest BCUT2D eigenvalue weighted by molar-refractivity contribution is 0.591. The number of nitrogens with zero attached hydrogens (tertiary/aromatic N) is 1. The molecule has 0 radical (unpaired) electrons. The topological polar surface area (TPSA) is 28.7 Å². The van der Waals surface area contributed by atoms with Gasteiger partial charge in [0.1, 0.15) is 17.2 Å². The van der Waals surface area contributed by atoms with Crippen LogP contribution < -0.4 is 0 Å². The van der Waals surface area contributed by atoms with E-state index < -0.39 is 11.6 Å². The maximum absolute atomic E-state index is 13.5. The second-order valence-corrected chi connectivity index (χ2v) is 5.16. The standard InChI is InChI=1S/C13H10F2N2S/c1-2-8-3-4-11(18-8)13-16-10-6-7(14)5-9(15)12(10)17-13/h3-6H,2H2,1H3,(H,16,17). The summed E-state index contributed by atoms with van der Waals surface area (Å²) < 4.78 is 26.6. The van der Waals surface area contributed by atoms with Crippen LogP contribution in [0.15, 0.2) is 24.3 Å². The van der Waals surface area contributed by atoms with Crippen LogP contribution in [-0.2, 0) is 6.42 Å². The highest BCUT2D eigenvalue weighted by atomic mass is 32.1. The van der Waals surface area contributed by atoms with Gasteiger partial charge in [-0.1, -0.05) is 6.92 Å². The molecule has 3 rings (SSSR count). The molecule has 0 saturated carbocycles. The Bertz CT molecular complexity index is 715. The first-order chi connectivity index (χ1) is 8.67. The number of fused-ring (bicyclic) bond motifs is 1. The number of nitrogens with one attached hydrogen (secondary N) is 1. The summed E-state index contributed by atoms with van der Waals surface area (Å²) in [5, 5.41) is 0. The largest absolute Gasteiger partial charge is 0.337 e. The van der Waals surface area contributed by atoms with E-state index in [1.165, 1.54) is 10.9 Å². The minimum Gasteiger partial charge on any atom is -0.337 e. The van der Waals surface area contributed by atoms with Crippen molar-refractivity contribution in [1.29, 1.82) is 0 Å². The lowest BCUT2D eigenvalue weighted by atomic mass is 10.3. The van der Waals surface area contributed by atoms with Gasteiger partial charge in [0, 0.05) is 10.9 Å². The molecule has 0 unspecified atom stereocenters. The molecule has 1 aromatic carbocycles. The van der Waals surface area contributed by atoms with Crippen LogP contribution in [0.3, 0.4) is 0 Å². The van der Waals surface area contributed by atoms with Crippen LogP contribution in [-0.4, -0.2) is 9.97 Å². The van der Waals surface area contributed by atoms with Crippen molar-refractivity contribution < 1.29 is 8.78 Å². The van der Waals surface area contributed by atoms with Gasteiger partial charge in [0.25, 0.3) is 0 Å². The van der Waals surface area contributed by atoms with E-state index in [0.29, 0.717) is 11.3 Å². The average molecular weight is 264 g/mol. The predicted molar refractivity (Wildman–Crippen MR) is 68.7 cm³/mol. The van der Waals surface area contributed by atoms with Crippen molar-refractivity contribution in [2.24, 2.45) is 0 Å². The highest BCUT2D eigenvalue weighted by Crippen LogP contribution is 2.29. The Morgan fingerprint density at radius 3 is 2.83 bits per heavy atom. The number of aromatic amines is 1. The quantitative estimate of drug-likeness (QED) is 0.740. The van der Waals surface area contributed by atoms with Crippen LogP contribution >= 0.6 is 11.3 Å². The van der Waals surface area contributed by atoms with Crippen LogP contribution in [0.5, 0.6) is 0 Å². The molecule has 0 atom stereocenters. The monoisotopic (exact) mass is 264 g/mol. The normalized spacial score (nSPS) is 11.3. The summed E-state index contributed by atoms with van der Waals surface area (Å²) in [6.07, 6.45) is 0.952. The van der Waals surface area contributed by atoms with Gasteiger partial charge in [0.05, 0.1) is 10.4 Å². The summed E-state index contributed by atoms with van der Waals surface area (Å²) in [5.74, 6) is -0.658. The van der Waals surface area contributed by atoms with E-state index in [-0.39, 0.29) is 5.52 Å². The van der Waals surface area contributed by atoms with Gasteiger partial charge in [-0.05, 0) is 24.6 Å². The number of hydrogen-bond acceptors (Lipinski definition) is 2. The minimum atomic E-state index is -0.639. The Labute approximate surface area is 106 Å². The summed E-state index contributed by atoms with van der Waals surface area (Å²) in [5.41, 5.74) is 0.562. The van der Waals surface area contributed by atoms with Crippen molar-refractivity contribution in [3.05, 3.63) is 40.8 Å². The second-order valence-electron chi connectivity index (χ2n) is 3.99. The van der Waals surface area contributed by atoms with Crippen molar-refractivity contribution in [3.8, 4) is 10.7 Å². The van der Waals surface area contributed by atoms with Gasteiger partial charge in [0.2, 0.25) is 0 Å². The number of H-pyrrole nitrogens is 1. The summed E-state index contributed by atoms with van der Waals surface area (Å²) in [4.78, 5) is 9.30. The summed E-state index contributed by atoms with van der Waals surface area (Å²) in [6.45, 7) is 2.07. The molecule has 0 aliphatic heterocycles. The molecule has 2 heterocycles. The van der Waals surface area contributed by atoms with Gasteiger partial charge in [-0.3, -0.25) is 0 Å². The third kappa shape index (κ3) is 1.80. The van der Waals surface area contributed by atoms with Crippen molar-refractivity contribution in [1.82, 2.24) is 9.97 Å². The van der Waals surface area contributed by atoms with Gasteiger partial charge in [-0.15, -0.1) is 11.3 Å². The Kier molecular flexibility index (Phi) is 2.63. The Morgan fingerprint density at radius 1 is 1.28 bits per heavy atom. The molecule has 18 heavy (non-hydrogen) atoms. The van der Waals surface area contributed by atoms with Crippen molar-refractivity contribution in [2.45, 2.75) is 13.3 Å². The van der Waals surface area contributed by atoms with Gasteiger partial charge >= 0.3 is 0 Å². The van der Waals surface area contributed by atoms with E-state index in [0.717, 1.165) is 17.4 Å².